The molecule has 1 heterocycles. The number of halogens is 1. The lowest BCUT2D eigenvalue weighted by Gasteiger charge is -2.33. The van der Waals surface area contributed by atoms with Gasteiger partial charge in [-0.25, -0.2) is 9.59 Å². The number of amides is 2. The number of hydrogen-bond donors (Lipinski definition) is 1. The molecule has 1 aliphatic rings. The van der Waals surface area contributed by atoms with Gasteiger partial charge in [-0.05, 0) is 11.6 Å². The van der Waals surface area contributed by atoms with Crippen LogP contribution < -0.4 is 0 Å². The fourth-order valence-corrected chi connectivity index (χ4v) is 2.57. The molecule has 0 saturated carbocycles. The van der Waals surface area contributed by atoms with Crippen LogP contribution in [0.5, 0.6) is 0 Å². The lowest BCUT2D eigenvalue weighted by Crippen LogP contribution is -2.51. The molecule has 1 fully saturated rings. The molecule has 2 rings (SSSR count). The van der Waals surface area contributed by atoms with Crippen molar-refractivity contribution in [2.24, 2.45) is 0 Å². The van der Waals surface area contributed by atoms with Crippen LogP contribution in [0.3, 0.4) is 0 Å². The summed E-state index contributed by atoms with van der Waals surface area (Å²) in [6.07, 6.45) is -0.945. The zero-order valence-corrected chi connectivity index (χ0v) is 13.2. The van der Waals surface area contributed by atoms with Crippen molar-refractivity contribution in [1.29, 1.82) is 0 Å². The first-order valence-electron chi connectivity index (χ1n) is 6.57. The summed E-state index contributed by atoms with van der Waals surface area (Å²) >= 11 is 3.45. The van der Waals surface area contributed by atoms with Crippen molar-refractivity contribution in [2.45, 2.75) is 12.6 Å². The van der Waals surface area contributed by atoms with E-state index in [2.05, 4.69) is 15.9 Å². The molecular weight excluding hydrogens is 340 g/mol. The second-order valence-electron chi connectivity index (χ2n) is 4.87. The Hall–Kier alpha value is -1.60. The predicted octanol–water partition coefficient (Wildman–Crippen LogP) is 1.79. The summed E-state index contributed by atoms with van der Waals surface area (Å²) in [5.74, 6) is -1.04. The highest BCUT2D eigenvalue weighted by molar-refractivity contribution is 9.10. The van der Waals surface area contributed by atoms with Gasteiger partial charge in [0.25, 0.3) is 0 Å². The third-order valence-corrected chi connectivity index (χ3v) is 4.08. The summed E-state index contributed by atoms with van der Waals surface area (Å²) in [6.45, 7) is 1.18. The van der Waals surface area contributed by atoms with Crippen molar-refractivity contribution in [2.75, 3.05) is 26.7 Å². The molecule has 0 bridgehead atoms. The van der Waals surface area contributed by atoms with E-state index in [-0.39, 0.29) is 19.2 Å². The Kier molecular flexibility index (Phi) is 5.19. The monoisotopic (exact) mass is 356 g/mol. The molecule has 1 saturated heterocycles. The minimum Gasteiger partial charge on any atom is -0.479 e. The van der Waals surface area contributed by atoms with Crippen LogP contribution in [0.15, 0.2) is 28.7 Å². The number of ether oxygens (including phenoxy) is 1. The van der Waals surface area contributed by atoms with E-state index in [9.17, 15) is 9.59 Å². The highest BCUT2D eigenvalue weighted by atomic mass is 79.9. The topological polar surface area (TPSA) is 70.1 Å². The van der Waals surface area contributed by atoms with Gasteiger partial charge in [0.05, 0.1) is 13.2 Å². The largest absolute Gasteiger partial charge is 0.479 e. The van der Waals surface area contributed by atoms with Gasteiger partial charge in [-0.1, -0.05) is 34.1 Å². The molecule has 0 aromatic heterocycles. The molecule has 1 N–H and O–H groups in total. The molecule has 0 spiro atoms. The van der Waals surface area contributed by atoms with Gasteiger partial charge in [-0.2, -0.15) is 0 Å². The fourth-order valence-electron chi connectivity index (χ4n) is 2.16. The second-order valence-corrected chi connectivity index (χ2v) is 5.73. The molecule has 21 heavy (non-hydrogen) atoms. The summed E-state index contributed by atoms with van der Waals surface area (Å²) in [7, 11) is 1.70. The summed E-state index contributed by atoms with van der Waals surface area (Å²) < 4.78 is 6.06. The van der Waals surface area contributed by atoms with Gasteiger partial charge < -0.3 is 19.6 Å². The number of carboxylic acid groups (broad SMARTS) is 1. The molecule has 1 aliphatic heterocycles. The number of urea groups is 1. The van der Waals surface area contributed by atoms with Crippen molar-refractivity contribution in [3.05, 3.63) is 34.3 Å². The summed E-state index contributed by atoms with van der Waals surface area (Å²) in [5.41, 5.74) is 0.997. The lowest BCUT2D eigenvalue weighted by atomic mass is 10.2. The Morgan fingerprint density at radius 2 is 2.19 bits per heavy atom. The minimum absolute atomic E-state index is 0.0778. The zero-order chi connectivity index (χ0) is 15.4. The molecule has 1 aromatic rings. The zero-order valence-electron chi connectivity index (χ0n) is 11.7. The molecule has 1 atom stereocenters. The molecular formula is C14H17BrN2O4. The number of morpholine rings is 1. The number of carbonyl (C=O) groups excluding carboxylic acids is 1. The summed E-state index contributed by atoms with van der Waals surface area (Å²) in [4.78, 5) is 26.4. The molecule has 0 aliphatic carbocycles. The minimum atomic E-state index is -1.04. The maximum atomic E-state index is 12.4. The fraction of sp³-hybridized carbons (Fsp3) is 0.429. The van der Waals surface area contributed by atoms with E-state index in [0.717, 1.165) is 10.0 Å². The van der Waals surface area contributed by atoms with Crippen LogP contribution in [0.25, 0.3) is 0 Å². The van der Waals surface area contributed by atoms with Gasteiger partial charge in [0.2, 0.25) is 0 Å². The van der Waals surface area contributed by atoms with Gasteiger partial charge in [-0.15, -0.1) is 0 Å². The highest BCUT2D eigenvalue weighted by Crippen LogP contribution is 2.18. The van der Waals surface area contributed by atoms with Crippen molar-refractivity contribution in [3.8, 4) is 0 Å². The van der Waals surface area contributed by atoms with E-state index >= 15 is 0 Å². The van der Waals surface area contributed by atoms with Gasteiger partial charge in [0.1, 0.15) is 0 Å². The van der Waals surface area contributed by atoms with Gasteiger partial charge in [0.15, 0.2) is 6.10 Å². The summed E-state index contributed by atoms with van der Waals surface area (Å²) in [6, 6.07) is 7.48. The van der Waals surface area contributed by atoms with E-state index in [1.165, 1.54) is 4.90 Å². The van der Waals surface area contributed by atoms with Gasteiger partial charge in [0, 0.05) is 24.6 Å². The van der Waals surface area contributed by atoms with Crippen molar-refractivity contribution in [1.82, 2.24) is 9.80 Å². The number of nitrogens with zero attached hydrogens (tertiary/aromatic N) is 2. The second kappa shape index (κ2) is 6.91. The van der Waals surface area contributed by atoms with Crippen LogP contribution in [-0.4, -0.2) is 59.8 Å². The molecule has 1 aromatic carbocycles. The van der Waals surface area contributed by atoms with Crippen molar-refractivity contribution >= 4 is 27.9 Å². The van der Waals surface area contributed by atoms with E-state index < -0.39 is 12.1 Å². The van der Waals surface area contributed by atoms with E-state index in [0.29, 0.717) is 13.1 Å². The average molecular weight is 357 g/mol. The van der Waals surface area contributed by atoms with Crippen molar-refractivity contribution < 1.29 is 19.4 Å². The number of carbonyl (C=O) groups is 2. The summed E-state index contributed by atoms with van der Waals surface area (Å²) in [5, 5.41) is 8.97. The van der Waals surface area contributed by atoms with E-state index in [1.807, 2.05) is 24.3 Å². The van der Waals surface area contributed by atoms with Crippen LogP contribution in [-0.2, 0) is 16.1 Å². The number of rotatable bonds is 3. The number of aliphatic carboxylic acids is 1. The van der Waals surface area contributed by atoms with Crippen molar-refractivity contribution in [3.63, 3.8) is 0 Å². The Morgan fingerprint density at radius 3 is 2.86 bits per heavy atom. The van der Waals surface area contributed by atoms with Gasteiger partial charge >= 0.3 is 12.0 Å². The first-order chi connectivity index (χ1) is 9.99. The first-order valence-corrected chi connectivity index (χ1v) is 7.36. The SMILES string of the molecule is CN(Cc1ccccc1Br)C(=O)N1CCOC(C(=O)O)C1. The average Bonchev–Trinajstić information content (AvgIpc) is 2.49. The Morgan fingerprint density at radius 1 is 1.48 bits per heavy atom. The lowest BCUT2D eigenvalue weighted by molar-refractivity contribution is -0.154. The third-order valence-electron chi connectivity index (χ3n) is 3.30. The third kappa shape index (κ3) is 3.95. The van der Waals surface area contributed by atoms with Crippen LogP contribution in [0.4, 0.5) is 4.79 Å². The van der Waals surface area contributed by atoms with Crippen LogP contribution >= 0.6 is 15.9 Å². The van der Waals surface area contributed by atoms with Gasteiger partial charge in [-0.3, -0.25) is 0 Å². The standard InChI is InChI=1S/C14H17BrN2O4/c1-16(8-10-4-2-3-5-11(10)15)14(20)17-6-7-21-12(9-17)13(18)19/h2-5,12H,6-9H2,1H3,(H,18,19). The number of hydrogen-bond acceptors (Lipinski definition) is 3. The Labute approximate surface area is 131 Å². The number of carboxylic acids is 1. The molecule has 2 amide bonds. The first kappa shape index (κ1) is 15.8. The Balaban J connectivity index is 1.99. The van der Waals surface area contributed by atoms with E-state index in [1.54, 1.807) is 11.9 Å². The molecule has 7 heteroatoms. The quantitative estimate of drug-likeness (QED) is 0.896. The molecule has 6 nitrogen and oxygen atoms in total. The molecule has 114 valence electrons. The molecule has 0 radical (unpaired) electrons. The van der Waals surface area contributed by atoms with Crippen LogP contribution in [0, 0.1) is 0 Å². The maximum absolute atomic E-state index is 12.4. The highest BCUT2D eigenvalue weighted by Gasteiger charge is 2.30. The van der Waals surface area contributed by atoms with Crippen LogP contribution in [0.2, 0.25) is 0 Å². The predicted molar refractivity (Wildman–Crippen MR) is 80.0 cm³/mol. The maximum Gasteiger partial charge on any atom is 0.334 e. The Bertz CT molecular complexity index is 537. The van der Waals surface area contributed by atoms with E-state index in [4.69, 9.17) is 9.84 Å². The number of benzene rings is 1. The smallest absolute Gasteiger partial charge is 0.334 e. The normalized spacial score (nSPS) is 18.4. The molecule has 1 unspecified atom stereocenters. The van der Waals surface area contributed by atoms with Crippen LogP contribution in [0.1, 0.15) is 5.56 Å².